The Labute approximate surface area is 130 Å². The van der Waals surface area contributed by atoms with Crippen LogP contribution in [0.2, 0.25) is 0 Å². The van der Waals surface area contributed by atoms with Crippen LogP contribution in [0.5, 0.6) is 0 Å². The van der Waals surface area contributed by atoms with Crippen LogP contribution < -0.4 is 10.6 Å². The molecule has 3 N–H and O–H groups in total. The number of rotatable bonds is 6. The Balaban J connectivity index is 2.11. The molecule has 22 heavy (non-hydrogen) atoms. The van der Waals surface area contributed by atoms with Gasteiger partial charge in [0.05, 0.1) is 5.92 Å². The lowest BCUT2D eigenvalue weighted by molar-refractivity contribution is -0.141. The van der Waals surface area contributed by atoms with E-state index in [1.165, 1.54) is 0 Å². The molecule has 7 heteroatoms. The normalized spacial score (nSPS) is 21.2. The quantitative estimate of drug-likeness (QED) is 0.645. The minimum absolute atomic E-state index is 0.0963. The average molecular weight is 314 g/mol. The van der Waals surface area contributed by atoms with Gasteiger partial charge in [-0.3, -0.25) is 9.59 Å². The second-order valence-electron chi connectivity index (χ2n) is 6.62. The van der Waals surface area contributed by atoms with Gasteiger partial charge in [-0.15, -0.1) is 0 Å². The van der Waals surface area contributed by atoms with Crippen LogP contribution in [-0.4, -0.2) is 41.8 Å². The molecule has 0 aromatic rings. The van der Waals surface area contributed by atoms with Crippen molar-refractivity contribution in [2.75, 3.05) is 13.1 Å². The number of amides is 2. The van der Waals surface area contributed by atoms with Gasteiger partial charge in [0.15, 0.2) is 0 Å². The molecule has 1 fully saturated rings. The van der Waals surface area contributed by atoms with E-state index in [1.807, 2.05) is 0 Å². The average Bonchev–Trinajstić information content (AvgIpc) is 2.85. The highest BCUT2D eigenvalue weighted by Crippen LogP contribution is 2.30. The molecule has 0 spiro atoms. The van der Waals surface area contributed by atoms with Crippen LogP contribution >= 0.6 is 0 Å². The summed E-state index contributed by atoms with van der Waals surface area (Å²) in [5.74, 6) is -1.53. The summed E-state index contributed by atoms with van der Waals surface area (Å²) < 4.78 is 5.09. The molecule has 0 radical (unpaired) electrons. The van der Waals surface area contributed by atoms with Gasteiger partial charge in [0.25, 0.3) is 0 Å². The van der Waals surface area contributed by atoms with Crippen LogP contribution in [0, 0.1) is 11.8 Å². The first-order chi connectivity index (χ1) is 10.2. The summed E-state index contributed by atoms with van der Waals surface area (Å²) in [6.45, 7) is 6.23. The number of carboxylic acid groups (broad SMARTS) is 1. The molecule has 0 heterocycles. The summed E-state index contributed by atoms with van der Waals surface area (Å²) in [6.07, 6.45) is 1.73. The SMILES string of the molecule is CC(C)(C)OC(=O)NCCCNC(=O)[C@@H]1CC[C@H](C(=O)O)C1. The number of hydrogen-bond acceptors (Lipinski definition) is 4. The first kappa shape index (κ1) is 18.3. The zero-order chi connectivity index (χ0) is 16.8. The predicted molar refractivity (Wildman–Crippen MR) is 80.3 cm³/mol. The number of carbonyl (C=O) groups is 3. The van der Waals surface area contributed by atoms with Crippen LogP contribution in [0.3, 0.4) is 0 Å². The Bertz CT molecular complexity index is 417. The lowest BCUT2D eigenvalue weighted by Crippen LogP contribution is -2.35. The highest BCUT2D eigenvalue weighted by atomic mass is 16.6. The minimum atomic E-state index is -0.822. The van der Waals surface area contributed by atoms with E-state index in [4.69, 9.17) is 9.84 Å². The molecule has 126 valence electrons. The van der Waals surface area contributed by atoms with E-state index in [1.54, 1.807) is 20.8 Å². The van der Waals surface area contributed by atoms with Crippen LogP contribution in [0.25, 0.3) is 0 Å². The Morgan fingerprint density at radius 1 is 1.09 bits per heavy atom. The molecule has 0 saturated heterocycles. The van der Waals surface area contributed by atoms with Crippen molar-refractivity contribution >= 4 is 18.0 Å². The van der Waals surface area contributed by atoms with Gasteiger partial charge in [-0.1, -0.05) is 0 Å². The number of hydrogen-bond donors (Lipinski definition) is 3. The van der Waals surface area contributed by atoms with E-state index in [0.29, 0.717) is 38.8 Å². The third-order valence-corrected chi connectivity index (χ3v) is 3.47. The molecule has 0 bridgehead atoms. The Morgan fingerprint density at radius 2 is 1.68 bits per heavy atom. The maximum atomic E-state index is 11.9. The summed E-state index contributed by atoms with van der Waals surface area (Å²) >= 11 is 0. The minimum Gasteiger partial charge on any atom is -0.481 e. The van der Waals surface area contributed by atoms with E-state index in [-0.39, 0.29) is 11.8 Å². The Kier molecular flexibility index (Phi) is 6.64. The fraction of sp³-hybridized carbons (Fsp3) is 0.800. The van der Waals surface area contributed by atoms with Gasteiger partial charge in [0.2, 0.25) is 5.91 Å². The molecule has 0 unspecified atom stereocenters. The molecule has 2 amide bonds. The number of ether oxygens (including phenoxy) is 1. The maximum Gasteiger partial charge on any atom is 0.407 e. The van der Waals surface area contributed by atoms with E-state index in [2.05, 4.69) is 10.6 Å². The van der Waals surface area contributed by atoms with Crippen molar-refractivity contribution in [1.29, 1.82) is 0 Å². The largest absolute Gasteiger partial charge is 0.481 e. The molecule has 1 aliphatic rings. The number of alkyl carbamates (subject to hydrolysis) is 1. The van der Waals surface area contributed by atoms with Crippen molar-refractivity contribution in [2.45, 2.75) is 52.1 Å². The van der Waals surface area contributed by atoms with Gasteiger partial charge >= 0.3 is 12.1 Å². The highest BCUT2D eigenvalue weighted by molar-refractivity contribution is 5.80. The maximum absolute atomic E-state index is 11.9. The summed E-state index contributed by atoms with van der Waals surface area (Å²) in [6, 6.07) is 0. The number of nitrogens with one attached hydrogen (secondary N) is 2. The lowest BCUT2D eigenvalue weighted by Gasteiger charge is -2.19. The molecule has 1 saturated carbocycles. The molecule has 0 aromatic carbocycles. The van der Waals surface area contributed by atoms with Crippen molar-refractivity contribution in [3.05, 3.63) is 0 Å². The third-order valence-electron chi connectivity index (χ3n) is 3.47. The van der Waals surface area contributed by atoms with E-state index in [9.17, 15) is 14.4 Å². The molecular weight excluding hydrogens is 288 g/mol. The van der Waals surface area contributed by atoms with Gasteiger partial charge in [-0.05, 0) is 46.5 Å². The molecule has 0 aromatic heterocycles. The van der Waals surface area contributed by atoms with E-state index < -0.39 is 23.6 Å². The zero-order valence-electron chi connectivity index (χ0n) is 13.5. The fourth-order valence-corrected chi connectivity index (χ4v) is 2.39. The zero-order valence-corrected chi connectivity index (χ0v) is 13.5. The highest BCUT2D eigenvalue weighted by Gasteiger charge is 2.33. The standard InChI is InChI=1S/C15H26N2O5/c1-15(2,3)22-14(21)17-8-4-7-16-12(18)10-5-6-11(9-10)13(19)20/h10-11H,4-9H2,1-3H3,(H,16,18)(H,17,21)(H,19,20)/t10-,11+/m1/s1. The molecular formula is C15H26N2O5. The summed E-state index contributed by atoms with van der Waals surface area (Å²) in [5, 5.41) is 14.3. The van der Waals surface area contributed by atoms with Gasteiger partial charge in [0, 0.05) is 19.0 Å². The van der Waals surface area contributed by atoms with Gasteiger partial charge in [0.1, 0.15) is 5.60 Å². The summed E-state index contributed by atoms with van der Waals surface area (Å²) in [4.78, 5) is 34.1. The predicted octanol–water partition coefficient (Wildman–Crippen LogP) is 1.52. The molecule has 1 rings (SSSR count). The molecule has 0 aliphatic heterocycles. The topological polar surface area (TPSA) is 105 Å². The van der Waals surface area contributed by atoms with Crippen LogP contribution in [0.15, 0.2) is 0 Å². The molecule has 7 nitrogen and oxygen atoms in total. The Hall–Kier alpha value is -1.79. The second kappa shape index (κ2) is 8.00. The van der Waals surface area contributed by atoms with Crippen molar-refractivity contribution in [1.82, 2.24) is 10.6 Å². The van der Waals surface area contributed by atoms with Crippen molar-refractivity contribution in [3.63, 3.8) is 0 Å². The first-order valence-electron chi connectivity index (χ1n) is 7.66. The van der Waals surface area contributed by atoms with Crippen molar-refractivity contribution < 1.29 is 24.2 Å². The smallest absolute Gasteiger partial charge is 0.407 e. The number of aliphatic carboxylic acids is 1. The van der Waals surface area contributed by atoms with Crippen molar-refractivity contribution in [3.8, 4) is 0 Å². The second-order valence-corrected chi connectivity index (χ2v) is 6.62. The molecule has 2 atom stereocenters. The van der Waals surface area contributed by atoms with E-state index in [0.717, 1.165) is 0 Å². The third kappa shape index (κ3) is 6.78. The summed E-state index contributed by atoms with van der Waals surface area (Å²) in [7, 11) is 0. The Morgan fingerprint density at radius 3 is 2.23 bits per heavy atom. The first-order valence-corrected chi connectivity index (χ1v) is 7.66. The van der Waals surface area contributed by atoms with Crippen molar-refractivity contribution in [2.24, 2.45) is 11.8 Å². The van der Waals surface area contributed by atoms with Crippen LogP contribution in [0.4, 0.5) is 4.79 Å². The summed E-state index contributed by atoms with van der Waals surface area (Å²) in [5.41, 5.74) is -0.526. The number of carboxylic acids is 1. The lowest BCUT2D eigenvalue weighted by atomic mass is 10.0. The van der Waals surface area contributed by atoms with Gasteiger partial charge < -0.3 is 20.5 Å². The van der Waals surface area contributed by atoms with Crippen LogP contribution in [-0.2, 0) is 14.3 Å². The van der Waals surface area contributed by atoms with Gasteiger partial charge in [-0.2, -0.15) is 0 Å². The van der Waals surface area contributed by atoms with Crippen LogP contribution in [0.1, 0.15) is 46.5 Å². The van der Waals surface area contributed by atoms with E-state index >= 15 is 0 Å². The fourth-order valence-electron chi connectivity index (χ4n) is 2.39. The molecule has 1 aliphatic carbocycles. The number of carbonyl (C=O) groups excluding carboxylic acids is 2. The van der Waals surface area contributed by atoms with Gasteiger partial charge in [-0.25, -0.2) is 4.79 Å². The monoisotopic (exact) mass is 314 g/mol.